The standard InChI is InChI=1S/C12H12ClNO6/c13-7-2-1-3-8(4-7)20-6-10(15)14-9(12(18)19)5-11(16)17/h1-4,9H,5-6H2,(H,14,15)(H,16,17)(H,18,19). The van der Waals surface area contributed by atoms with Gasteiger partial charge in [-0.15, -0.1) is 0 Å². The Kier molecular flexibility index (Phi) is 5.79. The number of carboxylic acid groups (broad SMARTS) is 2. The van der Waals surface area contributed by atoms with Crippen LogP contribution in [0.4, 0.5) is 0 Å². The molecule has 0 saturated carbocycles. The summed E-state index contributed by atoms with van der Waals surface area (Å²) in [4.78, 5) is 32.7. The van der Waals surface area contributed by atoms with Gasteiger partial charge in [-0.3, -0.25) is 9.59 Å². The van der Waals surface area contributed by atoms with Crippen LogP contribution in [0.2, 0.25) is 5.02 Å². The third-order valence-electron chi connectivity index (χ3n) is 2.18. The van der Waals surface area contributed by atoms with Gasteiger partial charge in [0, 0.05) is 5.02 Å². The number of carboxylic acids is 2. The summed E-state index contributed by atoms with van der Waals surface area (Å²) in [6, 6.07) is 4.82. The molecule has 8 heteroatoms. The van der Waals surface area contributed by atoms with Gasteiger partial charge in [0.15, 0.2) is 6.61 Å². The Morgan fingerprint density at radius 1 is 1.30 bits per heavy atom. The molecule has 0 aliphatic rings. The Labute approximate surface area is 119 Å². The molecule has 0 aromatic heterocycles. The first-order valence-corrected chi connectivity index (χ1v) is 5.88. The Hall–Kier alpha value is -2.28. The minimum atomic E-state index is -1.50. The molecule has 1 aromatic rings. The van der Waals surface area contributed by atoms with Crippen LogP contribution in [0.3, 0.4) is 0 Å². The molecular formula is C12H12ClNO6. The van der Waals surface area contributed by atoms with Crippen LogP contribution in [0, 0.1) is 0 Å². The molecule has 0 fully saturated rings. The Morgan fingerprint density at radius 3 is 2.55 bits per heavy atom. The van der Waals surface area contributed by atoms with Crippen LogP contribution in [0.1, 0.15) is 6.42 Å². The number of rotatable bonds is 7. The van der Waals surface area contributed by atoms with Crippen LogP contribution in [-0.4, -0.2) is 40.7 Å². The molecule has 0 radical (unpaired) electrons. The van der Waals surface area contributed by atoms with Crippen LogP contribution in [-0.2, 0) is 14.4 Å². The van der Waals surface area contributed by atoms with Crippen LogP contribution in [0.25, 0.3) is 0 Å². The van der Waals surface area contributed by atoms with Gasteiger partial charge in [-0.2, -0.15) is 0 Å². The van der Waals surface area contributed by atoms with Crippen molar-refractivity contribution in [1.82, 2.24) is 5.32 Å². The minimum absolute atomic E-state index is 0.345. The predicted molar refractivity (Wildman–Crippen MR) is 68.8 cm³/mol. The predicted octanol–water partition coefficient (Wildman–Crippen LogP) is 0.763. The van der Waals surface area contributed by atoms with Crippen molar-refractivity contribution in [1.29, 1.82) is 0 Å². The van der Waals surface area contributed by atoms with E-state index in [4.69, 9.17) is 26.6 Å². The average molecular weight is 302 g/mol. The SMILES string of the molecule is O=C(O)CC(NC(=O)COc1cccc(Cl)c1)C(=O)O. The molecule has 0 heterocycles. The van der Waals surface area contributed by atoms with E-state index in [1.54, 1.807) is 18.2 Å². The summed E-state index contributed by atoms with van der Waals surface area (Å²) in [6.07, 6.45) is -0.710. The van der Waals surface area contributed by atoms with Crippen molar-refractivity contribution in [3.05, 3.63) is 29.3 Å². The molecule has 1 amide bonds. The van der Waals surface area contributed by atoms with E-state index in [1.807, 2.05) is 0 Å². The molecule has 0 aliphatic heterocycles. The first kappa shape index (κ1) is 15.8. The quantitative estimate of drug-likeness (QED) is 0.685. The molecule has 1 atom stereocenters. The summed E-state index contributed by atoms with van der Waals surface area (Å²) < 4.78 is 5.10. The van der Waals surface area contributed by atoms with Crippen molar-refractivity contribution in [2.45, 2.75) is 12.5 Å². The molecule has 20 heavy (non-hydrogen) atoms. The fourth-order valence-electron chi connectivity index (χ4n) is 1.32. The highest BCUT2D eigenvalue weighted by molar-refractivity contribution is 6.30. The number of halogens is 1. The van der Waals surface area contributed by atoms with Crippen LogP contribution < -0.4 is 10.1 Å². The Balaban J connectivity index is 2.49. The number of aliphatic carboxylic acids is 2. The van der Waals surface area contributed by atoms with Crippen LogP contribution in [0.5, 0.6) is 5.75 Å². The van der Waals surface area contributed by atoms with E-state index >= 15 is 0 Å². The van der Waals surface area contributed by atoms with Crippen molar-refractivity contribution < 1.29 is 29.3 Å². The summed E-state index contributed by atoms with van der Waals surface area (Å²) in [5.41, 5.74) is 0. The molecule has 0 saturated heterocycles. The number of benzene rings is 1. The Bertz CT molecular complexity index is 518. The summed E-state index contributed by atoms with van der Waals surface area (Å²) in [5, 5.41) is 19.8. The van der Waals surface area contributed by atoms with E-state index in [0.29, 0.717) is 10.8 Å². The summed E-state index contributed by atoms with van der Waals surface area (Å²) in [5.74, 6) is -3.15. The molecule has 0 spiro atoms. The second-order valence-corrected chi connectivity index (χ2v) is 4.24. The van der Waals surface area contributed by atoms with Gasteiger partial charge in [-0.05, 0) is 18.2 Å². The maximum absolute atomic E-state index is 11.5. The summed E-state index contributed by atoms with van der Waals surface area (Å²) in [7, 11) is 0. The maximum Gasteiger partial charge on any atom is 0.326 e. The highest BCUT2D eigenvalue weighted by Crippen LogP contribution is 2.16. The van der Waals surface area contributed by atoms with Gasteiger partial charge in [-0.25, -0.2) is 4.79 Å². The lowest BCUT2D eigenvalue weighted by Crippen LogP contribution is -2.44. The van der Waals surface area contributed by atoms with Gasteiger partial charge in [0.25, 0.3) is 5.91 Å². The summed E-state index contributed by atoms with van der Waals surface area (Å²) in [6.45, 7) is -0.441. The number of carbonyl (C=O) groups excluding carboxylic acids is 1. The zero-order valence-corrected chi connectivity index (χ0v) is 11.0. The van der Waals surface area contributed by atoms with Gasteiger partial charge in [0.1, 0.15) is 11.8 Å². The van der Waals surface area contributed by atoms with Gasteiger partial charge >= 0.3 is 11.9 Å². The van der Waals surface area contributed by atoms with E-state index in [0.717, 1.165) is 0 Å². The van der Waals surface area contributed by atoms with Crippen molar-refractivity contribution in [2.24, 2.45) is 0 Å². The lowest BCUT2D eigenvalue weighted by molar-refractivity contribution is -0.147. The zero-order valence-electron chi connectivity index (χ0n) is 10.2. The van der Waals surface area contributed by atoms with Gasteiger partial charge in [0.2, 0.25) is 0 Å². The number of carbonyl (C=O) groups is 3. The normalized spacial score (nSPS) is 11.4. The highest BCUT2D eigenvalue weighted by Gasteiger charge is 2.23. The van der Waals surface area contributed by atoms with Crippen molar-refractivity contribution in [2.75, 3.05) is 6.61 Å². The number of ether oxygens (including phenoxy) is 1. The highest BCUT2D eigenvalue weighted by atomic mass is 35.5. The second-order valence-electron chi connectivity index (χ2n) is 3.80. The van der Waals surface area contributed by atoms with E-state index in [2.05, 4.69) is 5.32 Å². The molecular weight excluding hydrogens is 290 g/mol. The number of amides is 1. The van der Waals surface area contributed by atoms with E-state index in [1.165, 1.54) is 6.07 Å². The maximum atomic E-state index is 11.5. The van der Waals surface area contributed by atoms with Gasteiger partial charge < -0.3 is 20.3 Å². The third-order valence-corrected chi connectivity index (χ3v) is 2.41. The zero-order chi connectivity index (χ0) is 15.1. The van der Waals surface area contributed by atoms with Crippen molar-refractivity contribution in [3.63, 3.8) is 0 Å². The fourth-order valence-corrected chi connectivity index (χ4v) is 1.50. The van der Waals surface area contributed by atoms with E-state index in [-0.39, 0.29) is 0 Å². The minimum Gasteiger partial charge on any atom is -0.484 e. The smallest absolute Gasteiger partial charge is 0.326 e. The van der Waals surface area contributed by atoms with E-state index in [9.17, 15) is 14.4 Å². The van der Waals surface area contributed by atoms with Gasteiger partial charge in [-0.1, -0.05) is 17.7 Å². The molecule has 1 unspecified atom stereocenters. The lowest BCUT2D eigenvalue weighted by Gasteiger charge is -2.12. The van der Waals surface area contributed by atoms with Crippen LogP contribution >= 0.6 is 11.6 Å². The molecule has 0 bridgehead atoms. The molecule has 108 valence electrons. The monoisotopic (exact) mass is 301 g/mol. The summed E-state index contributed by atoms with van der Waals surface area (Å²) >= 11 is 5.72. The molecule has 1 rings (SSSR count). The van der Waals surface area contributed by atoms with Gasteiger partial charge in [0.05, 0.1) is 6.42 Å². The lowest BCUT2D eigenvalue weighted by atomic mass is 10.2. The first-order chi connectivity index (χ1) is 9.38. The topological polar surface area (TPSA) is 113 Å². The first-order valence-electron chi connectivity index (χ1n) is 5.51. The van der Waals surface area contributed by atoms with E-state index < -0.39 is 36.9 Å². The number of nitrogens with one attached hydrogen (secondary N) is 1. The number of hydrogen-bond acceptors (Lipinski definition) is 4. The molecule has 7 nitrogen and oxygen atoms in total. The number of hydrogen-bond donors (Lipinski definition) is 3. The molecule has 1 aromatic carbocycles. The Morgan fingerprint density at radius 2 is 2.00 bits per heavy atom. The molecule has 3 N–H and O–H groups in total. The third kappa shape index (κ3) is 5.57. The van der Waals surface area contributed by atoms with Crippen LogP contribution in [0.15, 0.2) is 24.3 Å². The molecule has 0 aliphatic carbocycles. The average Bonchev–Trinajstić information content (AvgIpc) is 2.35. The van der Waals surface area contributed by atoms with Crippen molar-refractivity contribution in [3.8, 4) is 5.75 Å². The van der Waals surface area contributed by atoms with Crippen molar-refractivity contribution >= 4 is 29.4 Å². The largest absolute Gasteiger partial charge is 0.484 e. The second kappa shape index (κ2) is 7.34. The fraction of sp³-hybridized carbons (Fsp3) is 0.250.